The normalized spacial score (nSPS) is 26.3. The molecule has 1 saturated heterocycles. The summed E-state index contributed by atoms with van der Waals surface area (Å²) in [6.07, 6.45) is -9.23. The van der Waals surface area contributed by atoms with Crippen molar-refractivity contribution in [2.24, 2.45) is 0 Å². The van der Waals surface area contributed by atoms with Gasteiger partial charge in [0.05, 0.1) is 29.4 Å². The van der Waals surface area contributed by atoms with Crippen LogP contribution in [-0.2, 0) is 27.3 Å². The number of nitrogens with one attached hydrogen (secondary N) is 1. The predicted molar refractivity (Wildman–Crippen MR) is 104 cm³/mol. The number of rotatable bonds is 5. The van der Waals surface area contributed by atoms with Gasteiger partial charge in [-0.25, -0.2) is 0 Å². The summed E-state index contributed by atoms with van der Waals surface area (Å²) in [6, 6.07) is 10.9. The average molecular weight is 457 g/mol. The number of benzene rings is 2. The third-order valence-electron chi connectivity index (χ3n) is 6.33. The van der Waals surface area contributed by atoms with Crippen molar-refractivity contribution in [3.8, 4) is 0 Å². The van der Waals surface area contributed by atoms with E-state index < -0.39 is 35.0 Å². The summed E-state index contributed by atoms with van der Waals surface area (Å²) in [6.45, 7) is 1.54. The van der Waals surface area contributed by atoms with Gasteiger partial charge in [0, 0.05) is 11.8 Å². The number of hydrogen-bond donors (Lipinski definition) is 1. The number of β-lactam (4-membered cyclic amide) rings is 1. The lowest BCUT2D eigenvalue weighted by atomic mass is 9.51. The molecule has 1 amide bonds. The van der Waals surface area contributed by atoms with Gasteiger partial charge in [-0.1, -0.05) is 30.3 Å². The highest BCUT2D eigenvalue weighted by Gasteiger charge is 2.61. The van der Waals surface area contributed by atoms with Gasteiger partial charge in [-0.05, 0) is 49.1 Å². The Morgan fingerprint density at radius 3 is 1.97 bits per heavy atom. The molecule has 9 heteroatoms. The van der Waals surface area contributed by atoms with Gasteiger partial charge in [0.25, 0.3) is 0 Å². The quantitative estimate of drug-likeness (QED) is 0.456. The average Bonchev–Trinajstić information content (AvgIpc) is 2.67. The van der Waals surface area contributed by atoms with Crippen molar-refractivity contribution in [1.82, 2.24) is 5.32 Å². The molecule has 1 N–H and O–H groups in total. The van der Waals surface area contributed by atoms with Gasteiger partial charge in [0.15, 0.2) is 0 Å². The smallest absolute Gasteiger partial charge is 0.373 e. The van der Waals surface area contributed by atoms with Crippen LogP contribution in [0.4, 0.5) is 26.3 Å². The van der Waals surface area contributed by atoms with Crippen molar-refractivity contribution in [1.29, 1.82) is 0 Å². The Hall–Kier alpha value is -2.55. The second-order valence-corrected chi connectivity index (χ2v) is 8.80. The van der Waals surface area contributed by atoms with Crippen molar-refractivity contribution in [3.05, 3.63) is 70.8 Å². The fourth-order valence-electron chi connectivity index (χ4n) is 4.82. The molecule has 172 valence electrons. The van der Waals surface area contributed by atoms with Crippen LogP contribution in [0.2, 0.25) is 0 Å². The van der Waals surface area contributed by atoms with Gasteiger partial charge in [-0.15, -0.1) is 0 Å². The largest absolute Gasteiger partial charge is 0.416 e. The van der Waals surface area contributed by atoms with Crippen LogP contribution in [0.25, 0.3) is 0 Å². The van der Waals surface area contributed by atoms with Crippen LogP contribution in [0.3, 0.4) is 0 Å². The number of ether oxygens (including phenoxy) is 1. The van der Waals surface area contributed by atoms with Crippen molar-refractivity contribution >= 4 is 5.91 Å². The highest BCUT2D eigenvalue weighted by Crippen LogP contribution is 2.55. The molecule has 2 fully saturated rings. The summed E-state index contributed by atoms with van der Waals surface area (Å²) in [5.74, 6) is -0.0374. The van der Waals surface area contributed by atoms with Gasteiger partial charge in [-0.2, -0.15) is 26.3 Å². The number of carbonyl (C=O) groups is 1. The van der Waals surface area contributed by atoms with Crippen LogP contribution in [0.1, 0.15) is 54.5 Å². The molecule has 0 unspecified atom stereocenters. The van der Waals surface area contributed by atoms with Gasteiger partial charge in [0.1, 0.15) is 0 Å². The van der Waals surface area contributed by atoms with E-state index in [-0.39, 0.29) is 29.7 Å². The van der Waals surface area contributed by atoms with E-state index in [1.807, 2.05) is 30.3 Å². The Morgan fingerprint density at radius 1 is 0.969 bits per heavy atom. The summed E-state index contributed by atoms with van der Waals surface area (Å²) in [4.78, 5) is 11.4. The van der Waals surface area contributed by atoms with Crippen LogP contribution in [0.5, 0.6) is 0 Å². The third-order valence-corrected chi connectivity index (χ3v) is 6.33. The molecule has 3 nitrogen and oxygen atoms in total. The van der Waals surface area contributed by atoms with E-state index in [4.69, 9.17) is 4.74 Å². The van der Waals surface area contributed by atoms with E-state index >= 15 is 0 Å². The first kappa shape index (κ1) is 22.6. The van der Waals surface area contributed by atoms with Crippen LogP contribution in [0.15, 0.2) is 48.5 Å². The highest BCUT2D eigenvalue weighted by molar-refractivity contribution is 5.85. The number of alkyl halides is 6. The second-order valence-electron chi connectivity index (χ2n) is 8.80. The molecule has 1 aliphatic heterocycles. The van der Waals surface area contributed by atoms with Crippen molar-refractivity contribution in [2.75, 3.05) is 6.61 Å². The zero-order valence-corrected chi connectivity index (χ0v) is 17.1. The molecule has 1 atom stereocenters. The zero-order chi connectivity index (χ0) is 23.4. The number of amides is 1. The van der Waals surface area contributed by atoms with E-state index in [1.165, 1.54) is 6.92 Å². The maximum Gasteiger partial charge on any atom is 0.416 e. The van der Waals surface area contributed by atoms with E-state index in [1.54, 1.807) is 0 Å². The van der Waals surface area contributed by atoms with Crippen LogP contribution in [-0.4, -0.2) is 18.1 Å². The lowest BCUT2D eigenvalue weighted by Gasteiger charge is -2.60. The molecule has 0 aromatic heterocycles. The minimum Gasteiger partial charge on any atom is -0.373 e. The lowest BCUT2D eigenvalue weighted by molar-refractivity contribution is -0.145. The Kier molecular flexibility index (Phi) is 5.31. The number of halogens is 6. The fraction of sp³-hybridized carbons (Fsp3) is 0.435. The van der Waals surface area contributed by atoms with E-state index in [0.717, 1.165) is 5.56 Å². The van der Waals surface area contributed by atoms with Gasteiger partial charge in [0.2, 0.25) is 5.91 Å². The van der Waals surface area contributed by atoms with Crippen molar-refractivity contribution in [3.63, 3.8) is 0 Å². The Balaban J connectivity index is 1.56. The van der Waals surface area contributed by atoms with Gasteiger partial charge < -0.3 is 10.1 Å². The molecule has 0 radical (unpaired) electrons. The van der Waals surface area contributed by atoms with Crippen LogP contribution < -0.4 is 5.32 Å². The van der Waals surface area contributed by atoms with E-state index in [2.05, 4.69) is 5.32 Å². The van der Waals surface area contributed by atoms with Gasteiger partial charge >= 0.3 is 12.4 Å². The topological polar surface area (TPSA) is 38.3 Å². The molecule has 1 saturated carbocycles. The maximum atomic E-state index is 13.2. The molecule has 2 aromatic rings. The summed E-state index contributed by atoms with van der Waals surface area (Å²) in [5.41, 5.74) is -2.75. The maximum absolute atomic E-state index is 13.2. The summed E-state index contributed by atoms with van der Waals surface area (Å²) in [5, 5.41) is 2.90. The number of carbonyl (C=O) groups excluding carboxylic acids is 1. The second kappa shape index (κ2) is 7.50. The third kappa shape index (κ3) is 4.22. The van der Waals surface area contributed by atoms with Crippen LogP contribution >= 0.6 is 0 Å². The molecular weight excluding hydrogens is 436 g/mol. The highest BCUT2D eigenvalue weighted by atomic mass is 19.4. The first-order valence-corrected chi connectivity index (χ1v) is 10.1. The molecule has 1 heterocycles. The summed E-state index contributed by atoms with van der Waals surface area (Å²) < 4.78 is 84.9. The van der Waals surface area contributed by atoms with Gasteiger partial charge in [-0.3, -0.25) is 4.79 Å². The molecule has 2 aromatic carbocycles. The fourth-order valence-corrected chi connectivity index (χ4v) is 4.82. The Labute approximate surface area is 180 Å². The first-order chi connectivity index (χ1) is 14.8. The molecule has 32 heavy (non-hydrogen) atoms. The monoisotopic (exact) mass is 457 g/mol. The standard InChI is InChI=1S/C23H21F6NO2/c1-14(15-7-17(22(24,25)26)9-18(8-15)23(27,28)29)32-13-20(16-5-3-2-4-6-16)11-21(12-20)10-19(31)30-21/h2-9,14H,10-13H2,1H3,(H,30,31)/t14-,20-,21+/m1/s1. The summed E-state index contributed by atoms with van der Waals surface area (Å²) >= 11 is 0. The minimum absolute atomic E-state index is 0.0374. The summed E-state index contributed by atoms with van der Waals surface area (Å²) in [7, 11) is 0. The zero-order valence-electron chi connectivity index (χ0n) is 17.1. The first-order valence-electron chi connectivity index (χ1n) is 10.1. The molecule has 1 spiro atoms. The number of hydrogen-bond acceptors (Lipinski definition) is 2. The SMILES string of the molecule is C[C@@H](OC[C@]1(c2ccccc2)C[C@]2(CC(=O)N2)C1)c1cc(C(F)(F)F)cc(C(F)(F)F)c1. The molecular formula is C23H21F6NO2. The molecule has 4 rings (SSSR count). The molecule has 2 aliphatic rings. The van der Waals surface area contributed by atoms with Crippen molar-refractivity contribution < 1.29 is 35.9 Å². The molecule has 1 aliphatic carbocycles. The molecule has 0 bridgehead atoms. The van der Waals surface area contributed by atoms with Crippen molar-refractivity contribution in [2.45, 2.75) is 55.6 Å². The Bertz CT molecular complexity index is 967. The minimum atomic E-state index is -4.91. The van der Waals surface area contributed by atoms with E-state index in [0.29, 0.717) is 31.4 Å². The lowest BCUT2D eigenvalue weighted by Crippen LogP contribution is -2.72. The Morgan fingerprint density at radius 2 is 1.50 bits per heavy atom. The van der Waals surface area contributed by atoms with Crippen LogP contribution in [0, 0.1) is 0 Å². The predicted octanol–water partition coefficient (Wildman–Crippen LogP) is 5.79. The van der Waals surface area contributed by atoms with E-state index in [9.17, 15) is 31.1 Å².